The number of aromatic nitrogens is 1. The van der Waals surface area contributed by atoms with Gasteiger partial charge in [0.1, 0.15) is 6.04 Å². The molecule has 30 heavy (non-hydrogen) atoms. The van der Waals surface area contributed by atoms with Crippen LogP contribution < -0.4 is 9.47 Å². The molecular formula is C23H19N3O4. The number of hydrogen-bond donors (Lipinski definition) is 1. The highest BCUT2D eigenvalue weighted by Crippen LogP contribution is 2.40. The molecule has 7 heteroatoms. The van der Waals surface area contributed by atoms with E-state index in [-0.39, 0.29) is 25.2 Å². The summed E-state index contributed by atoms with van der Waals surface area (Å²) in [5.41, 5.74) is 4.53. The highest BCUT2D eigenvalue weighted by Gasteiger charge is 2.44. The zero-order valence-corrected chi connectivity index (χ0v) is 16.3. The fraction of sp³-hybridized carbons (Fsp3) is 0.217. The van der Waals surface area contributed by atoms with Crippen molar-refractivity contribution in [2.45, 2.75) is 12.5 Å². The molecule has 0 aliphatic carbocycles. The van der Waals surface area contributed by atoms with Crippen LogP contribution in [-0.2, 0) is 16.0 Å². The number of fused-ring (bicyclic) bond motifs is 5. The summed E-state index contributed by atoms with van der Waals surface area (Å²) >= 11 is 0. The number of H-pyrrole nitrogens is 1. The van der Waals surface area contributed by atoms with Crippen LogP contribution in [0.1, 0.15) is 16.8 Å². The molecule has 6 rings (SSSR count). The van der Waals surface area contributed by atoms with Crippen molar-refractivity contribution in [1.82, 2.24) is 14.8 Å². The van der Waals surface area contributed by atoms with E-state index in [9.17, 15) is 9.59 Å². The number of piperazine rings is 1. The number of carbonyl (C=O) groups excluding carboxylic acids is 2. The minimum absolute atomic E-state index is 0.0397. The van der Waals surface area contributed by atoms with Gasteiger partial charge in [-0.2, -0.15) is 0 Å². The maximum absolute atomic E-state index is 13.0. The monoisotopic (exact) mass is 401 g/mol. The van der Waals surface area contributed by atoms with Gasteiger partial charge < -0.3 is 19.4 Å². The fourth-order valence-electron chi connectivity index (χ4n) is 4.62. The Kier molecular flexibility index (Phi) is 3.50. The molecule has 2 aromatic carbocycles. The molecule has 1 atom stereocenters. The number of ether oxygens (including phenoxy) is 2. The number of aromatic amines is 1. The van der Waals surface area contributed by atoms with E-state index in [0.29, 0.717) is 23.6 Å². The summed E-state index contributed by atoms with van der Waals surface area (Å²) in [4.78, 5) is 32.7. The number of nitrogens with zero attached hydrogens (tertiary/aromatic N) is 2. The van der Waals surface area contributed by atoms with Gasteiger partial charge in [-0.25, -0.2) is 0 Å². The second kappa shape index (κ2) is 6.13. The Morgan fingerprint density at radius 3 is 2.83 bits per heavy atom. The van der Waals surface area contributed by atoms with Crippen molar-refractivity contribution in [2.24, 2.45) is 0 Å². The lowest BCUT2D eigenvalue weighted by atomic mass is 9.91. The Balaban J connectivity index is 1.57. The molecule has 2 amide bonds. The summed E-state index contributed by atoms with van der Waals surface area (Å²) in [6, 6.07) is 13.2. The average molecular weight is 401 g/mol. The Labute approximate surface area is 172 Å². The minimum atomic E-state index is -0.539. The van der Waals surface area contributed by atoms with Gasteiger partial charge in [0.25, 0.3) is 0 Å². The Hall–Kier alpha value is -3.74. The van der Waals surface area contributed by atoms with Crippen molar-refractivity contribution >= 4 is 34.5 Å². The van der Waals surface area contributed by atoms with Crippen LogP contribution in [0.4, 0.5) is 0 Å². The molecule has 1 fully saturated rings. The van der Waals surface area contributed by atoms with Crippen molar-refractivity contribution in [3.63, 3.8) is 0 Å². The molecule has 7 nitrogen and oxygen atoms in total. The van der Waals surface area contributed by atoms with Crippen molar-refractivity contribution in [3.05, 3.63) is 59.3 Å². The topological polar surface area (TPSA) is 74.9 Å². The first kappa shape index (κ1) is 17.1. The predicted octanol–water partition coefficient (Wildman–Crippen LogP) is 2.62. The Morgan fingerprint density at radius 1 is 1.10 bits per heavy atom. The van der Waals surface area contributed by atoms with Gasteiger partial charge in [0.15, 0.2) is 11.5 Å². The molecule has 0 bridgehead atoms. The Bertz CT molecular complexity index is 1260. The highest BCUT2D eigenvalue weighted by molar-refractivity contribution is 6.05. The van der Waals surface area contributed by atoms with Gasteiger partial charge in [-0.3, -0.25) is 14.5 Å². The van der Waals surface area contributed by atoms with Crippen molar-refractivity contribution < 1.29 is 19.1 Å². The number of para-hydroxylation sites is 1. The molecule has 0 radical (unpaired) electrons. The number of likely N-dealkylation sites (N-methyl/N-ethyl adjacent to an activating group) is 1. The lowest BCUT2D eigenvalue weighted by Gasteiger charge is -2.42. The quantitative estimate of drug-likeness (QED) is 0.680. The third kappa shape index (κ3) is 2.38. The number of rotatable bonds is 1. The number of amides is 2. The van der Waals surface area contributed by atoms with Gasteiger partial charge in [0, 0.05) is 24.4 Å². The summed E-state index contributed by atoms with van der Waals surface area (Å²) in [6.45, 7) is 0.276. The molecular weight excluding hydrogens is 382 g/mol. The summed E-state index contributed by atoms with van der Waals surface area (Å²) in [7, 11) is 1.68. The van der Waals surface area contributed by atoms with Gasteiger partial charge in [0.2, 0.25) is 18.6 Å². The first-order valence-electron chi connectivity index (χ1n) is 9.88. The zero-order chi connectivity index (χ0) is 20.4. The smallest absolute Gasteiger partial charge is 0.247 e. The predicted molar refractivity (Wildman–Crippen MR) is 111 cm³/mol. The molecule has 1 saturated heterocycles. The van der Waals surface area contributed by atoms with Crippen LogP contribution in [0, 0.1) is 0 Å². The molecule has 150 valence electrons. The van der Waals surface area contributed by atoms with Gasteiger partial charge in [0.05, 0.1) is 17.9 Å². The summed E-state index contributed by atoms with van der Waals surface area (Å²) in [6.07, 6.45) is 2.44. The minimum Gasteiger partial charge on any atom is -0.454 e. The summed E-state index contributed by atoms with van der Waals surface area (Å²) in [5.74, 6) is 1.26. The van der Waals surface area contributed by atoms with Gasteiger partial charge in [-0.1, -0.05) is 24.3 Å². The van der Waals surface area contributed by atoms with Crippen LogP contribution >= 0.6 is 0 Å². The highest BCUT2D eigenvalue weighted by atomic mass is 16.7. The van der Waals surface area contributed by atoms with Crippen LogP contribution in [0.25, 0.3) is 22.7 Å². The third-order valence-corrected chi connectivity index (χ3v) is 6.04. The molecule has 3 aromatic rings. The number of benzene rings is 2. The molecule has 4 heterocycles. The molecule has 0 unspecified atom stereocenters. The molecule has 0 spiro atoms. The first-order chi connectivity index (χ1) is 14.6. The fourth-order valence-corrected chi connectivity index (χ4v) is 4.62. The number of carbonyl (C=O) groups is 2. The largest absolute Gasteiger partial charge is 0.454 e. The van der Waals surface area contributed by atoms with Crippen molar-refractivity contribution in [3.8, 4) is 11.5 Å². The lowest BCUT2D eigenvalue weighted by molar-refractivity contribution is -0.150. The van der Waals surface area contributed by atoms with E-state index in [2.05, 4.69) is 11.1 Å². The van der Waals surface area contributed by atoms with E-state index in [4.69, 9.17) is 9.47 Å². The third-order valence-electron chi connectivity index (χ3n) is 6.04. The molecule has 3 aliphatic rings. The standard InChI is InChI=1S/C23H19N3O4/c1-25-11-21(27)26-17(8-13-6-7-19-20(9-13)30-12-29-19)22-15(10-18(26)23(25)28)14-4-2-3-5-16(14)24-22/h2-9,18,24H,10-12H2,1H3/t18-/m1/s1. The SMILES string of the molecule is CN1CC(=O)N2C(=Cc3ccc4c(c3)OCO4)c3[nH]c4ccccc4c3C[C@@H]2C1=O. The van der Waals surface area contributed by atoms with E-state index in [1.54, 1.807) is 11.9 Å². The van der Waals surface area contributed by atoms with Crippen LogP contribution in [0.2, 0.25) is 0 Å². The van der Waals surface area contributed by atoms with Crippen molar-refractivity contribution in [1.29, 1.82) is 0 Å². The maximum atomic E-state index is 13.0. The molecule has 3 aliphatic heterocycles. The average Bonchev–Trinajstić information content (AvgIpc) is 3.36. The van der Waals surface area contributed by atoms with Gasteiger partial charge >= 0.3 is 0 Å². The van der Waals surface area contributed by atoms with E-state index in [1.807, 2.05) is 42.5 Å². The zero-order valence-electron chi connectivity index (χ0n) is 16.3. The molecule has 0 saturated carbocycles. The lowest BCUT2D eigenvalue weighted by Crippen LogP contribution is -2.59. The van der Waals surface area contributed by atoms with E-state index in [0.717, 1.165) is 27.7 Å². The summed E-state index contributed by atoms with van der Waals surface area (Å²) < 4.78 is 10.9. The van der Waals surface area contributed by atoms with Crippen LogP contribution in [0.15, 0.2) is 42.5 Å². The Morgan fingerprint density at radius 2 is 1.93 bits per heavy atom. The van der Waals surface area contributed by atoms with Gasteiger partial charge in [-0.05, 0) is 35.4 Å². The van der Waals surface area contributed by atoms with Crippen LogP contribution in [0.3, 0.4) is 0 Å². The second-order valence-electron chi connectivity index (χ2n) is 7.84. The van der Waals surface area contributed by atoms with Crippen molar-refractivity contribution in [2.75, 3.05) is 20.4 Å². The van der Waals surface area contributed by atoms with E-state index >= 15 is 0 Å². The van der Waals surface area contributed by atoms with Crippen LogP contribution in [-0.4, -0.2) is 53.0 Å². The first-order valence-corrected chi connectivity index (χ1v) is 9.88. The second-order valence-corrected chi connectivity index (χ2v) is 7.84. The normalized spacial score (nSPS) is 21.4. The molecule has 1 N–H and O–H groups in total. The summed E-state index contributed by atoms with van der Waals surface area (Å²) in [5, 5.41) is 1.08. The van der Waals surface area contributed by atoms with E-state index in [1.165, 1.54) is 4.90 Å². The maximum Gasteiger partial charge on any atom is 0.247 e. The van der Waals surface area contributed by atoms with Gasteiger partial charge in [-0.15, -0.1) is 0 Å². The molecule has 1 aromatic heterocycles. The number of nitrogens with one attached hydrogen (secondary N) is 1. The van der Waals surface area contributed by atoms with E-state index < -0.39 is 6.04 Å². The number of hydrogen-bond acceptors (Lipinski definition) is 4. The van der Waals surface area contributed by atoms with Crippen LogP contribution in [0.5, 0.6) is 11.5 Å².